The molecule has 3 nitrogen and oxygen atoms in total. The Morgan fingerprint density at radius 1 is 1.40 bits per heavy atom. The van der Waals surface area contributed by atoms with Crippen LogP contribution in [0.5, 0.6) is 0 Å². The SMILES string of the molecule is CC(S)CNS(=O)(=O)c1ccc(F)cc1. The number of nitrogens with one attached hydrogen (secondary N) is 1. The van der Waals surface area contributed by atoms with Crippen LogP contribution in [0.3, 0.4) is 0 Å². The van der Waals surface area contributed by atoms with Crippen LogP contribution in [0.25, 0.3) is 0 Å². The number of sulfonamides is 1. The lowest BCUT2D eigenvalue weighted by atomic mass is 10.4. The maximum absolute atomic E-state index is 12.6. The van der Waals surface area contributed by atoms with Gasteiger partial charge < -0.3 is 0 Å². The Hall–Kier alpha value is -0.590. The molecule has 6 heteroatoms. The molecule has 0 heterocycles. The summed E-state index contributed by atoms with van der Waals surface area (Å²) in [5.74, 6) is -0.462. The molecule has 0 bridgehead atoms. The Bertz CT molecular complexity index is 414. The monoisotopic (exact) mass is 249 g/mol. The highest BCUT2D eigenvalue weighted by Gasteiger charge is 2.13. The minimum absolute atomic E-state index is 0.0536. The lowest BCUT2D eigenvalue weighted by Gasteiger charge is -2.07. The van der Waals surface area contributed by atoms with Crippen molar-refractivity contribution in [3.05, 3.63) is 30.1 Å². The summed E-state index contributed by atoms with van der Waals surface area (Å²) in [4.78, 5) is 0.0536. The van der Waals surface area contributed by atoms with Crippen LogP contribution in [0.2, 0.25) is 0 Å². The van der Waals surface area contributed by atoms with E-state index in [4.69, 9.17) is 0 Å². The van der Waals surface area contributed by atoms with Gasteiger partial charge in [-0.2, -0.15) is 12.6 Å². The van der Waals surface area contributed by atoms with Crippen LogP contribution in [0, 0.1) is 5.82 Å². The predicted octanol–water partition coefficient (Wildman–Crippen LogP) is 1.42. The molecule has 0 aliphatic carbocycles. The Labute approximate surface area is 94.2 Å². The van der Waals surface area contributed by atoms with Crippen molar-refractivity contribution in [1.82, 2.24) is 4.72 Å². The van der Waals surface area contributed by atoms with Crippen molar-refractivity contribution in [3.8, 4) is 0 Å². The summed E-state index contributed by atoms with van der Waals surface area (Å²) in [7, 11) is -3.54. The molecule has 1 rings (SSSR count). The van der Waals surface area contributed by atoms with E-state index in [0.717, 1.165) is 12.1 Å². The van der Waals surface area contributed by atoms with Crippen LogP contribution in [0.1, 0.15) is 6.92 Å². The van der Waals surface area contributed by atoms with Gasteiger partial charge in [0.2, 0.25) is 10.0 Å². The number of halogens is 1. The fraction of sp³-hybridized carbons (Fsp3) is 0.333. The summed E-state index contributed by atoms with van der Waals surface area (Å²) >= 11 is 4.05. The van der Waals surface area contributed by atoms with Crippen molar-refractivity contribution in [2.75, 3.05) is 6.54 Å². The van der Waals surface area contributed by atoms with E-state index in [1.807, 2.05) is 0 Å². The van der Waals surface area contributed by atoms with Crippen molar-refractivity contribution in [2.45, 2.75) is 17.1 Å². The average molecular weight is 249 g/mol. The third kappa shape index (κ3) is 3.81. The van der Waals surface area contributed by atoms with E-state index in [1.54, 1.807) is 6.92 Å². The topological polar surface area (TPSA) is 46.2 Å². The molecule has 0 saturated carbocycles. The molecule has 0 aliphatic rings. The van der Waals surface area contributed by atoms with Crippen LogP contribution in [0.15, 0.2) is 29.2 Å². The molecule has 1 aromatic rings. The lowest BCUT2D eigenvalue weighted by molar-refractivity contribution is 0.580. The van der Waals surface area contributed by atoms with Gasteiger partial charge in [0.05, 0.1) is 4.90 Å². The van der Waals surface area contributed by atoms with E-state index in [9.17, 15) is 12.8 Å². The summed E-state index contributed by atoms with van der Waals surface area (Å²) in [5.41, 5.74) is 0. The molecule has 0 spiro atoms. The zero-order valence-corrected chi connectivity index (χ0v) is 9.85. The van der Waals surface area contributed by atoms with Gasteiger partial charge in [-0.1, -0.05) is 6.92 Å². The first-order chi connectivity index (χ1) is 6.92. The molecule has 0 saturated heterocycles. The minimum atomic E-state index is -3.54. The molecule has 1 N–H and O–H groups in total. The third-order valence-electron chi connectivity index (χ3n) is 1.69. The molecule has 0 radical (unpaired) electrons. The second kappa shape index (κ2) is 4.96. The van der Waals surface area contributed by atoms with E-state index in [0.29, 0.717) is 0 Å². The number of hydrogen-bond donors (Lipinski definition) is 2. The third-order valence-corrected chi connectivity index (χ3v) is 3.31. The molecule has 1 atom stereocenters. The normalized spacial score (nSPS) is 13.8. The molecule has 1 unspecified atom stereocenters. The van der Waals surface area contributed by atoms with Crippen LogP contribution < -0.4 is 4.72 Å². The lowest BCUT2D eigenvalue weighted by Crippen LogP contribution is -2.28. The zero-order valence-electron chi connectivity index (χ0n) is 8.14. The number of benzene rings is 1. The van der Waals surface area contributed by atoms with Gasteiger partial charge in [-0.25, -0.2) is 17.5 Å². The molecule has 15 heavy (non-hydrogen) atoms. The Morgan fingerprint density at radius 2 is 1.93 bits per heavy atom. The summed E-state index contributed by atoms with van der Waals surface area (Å²) in [6.07, 6.45) is 0. The maximum Gasteiger partial charge on any atom is 0.240 e. The van der Waals surface area contributed by atoms with E-state index < -0.39 is 15.8 Å². The average Bonchev–Trinajstić information content (AvgIpc) is 2.16. The van der Waals surface area contributed by atoms with Crippen LogP contribution in [-0.2, 0) is 10.0 Å². The quantitative estimate of drug-likeness (QED) is 0.793. The maximum atomic E-state index is 12.6. The Kier molecular flexibility index (Phi) is 4.12. The van der Waals surface area contributed by atoms with Crippen LogP contribution in [-0.4, -0.2) is 20.2 Å². The highest BCUT2D eigenvalue weighted by molar-refractivity contribution is 7.89. The van der Waals surface area contributed by atoms with Crippen LogP contribution >= 0.6 is 12.6 Å². The van der Waals surface area contributed by atoms with Gasteiger partial charge in [0.25, 0.3) is 0 Å². The van der Waals surface area contributed by atoms with Crippen LogP contribution in [0.4, 0.5) is 4.39 Å². The van der Waals surface area contributed by atoms with Gasteiger partial charge in [0, 0.05) is 11.8 Å². The summed E-state index contributed by atoms with van der Waals surface area (Å²) in [6.45, 7) is 2.01. The fourth-order valence-corrected chi connectivity index (χ4v) is 2.27. The largest absolute Gasteiger partial charge is 0.240 e. The molecule has 0 amide bonds. The molecule has 1 aromatic carbocycles. The highest BCUT2D eigenvalue weighted by atomic mass is 32.2. The number of hydrogen-bond acceptors (Lipinski definition) is 3. The first-order valence-corrected chi connectivity index (χ1v) is 6.35. The van der Waals surface area contributed by atoms with E-state index >= 15 is 0 Å². The van der Waals surface area contributed by atoms with E-state index in [2.05, 4.69) is 17.4 Å². The number of rotatable bonds is 4. The Balaban J connectivity index is 2.82. The summed E-state index contributed by atoms with van der Waals surface area (Å²) in [5, 5.41) is -0.0692. The molecule has 0 fully saturated rings. The smallest absolute Gasteiger partial charge is 0.210 e. The van der Waals surface area contributed by atoms with Crippen molar-refractivity contribution < 1.29 is 12.8 Å². The van der Waals surface area contributed by atoms with Gasteiger partial charge >= 0.3 is 0 Å². The second-order valence-electron chi connectivity index (χ2n) is 3.15. The first-order valence-electron chi connectivity index (χ1n) is 4.35. The van der Waals surface area contributed by atoms with Gasteiger partial charge in [-0.3, -0.25) is 0 Å². The van der Waals surface area contributed by atoms with E-state index in [-0.39, 0.29) is 16.7 Å². The second-order valence-corrected chi connectivity index (χ2v) is 5.80. The predicted molar refractivity (Wildman–Crippen MR) is 60.0 cm³/mol. The van der Waals surface area contributed by atoms with E-state index in [1.165, 1.54) is 12.1 Å². The summed E-state index contributed by atoms with van der Waals surface area (Å²) in [6, 6.07) is 4.67. The fourth-order valence-electron chi connectivity index (χ4n) is 0.927. The summed E-state index contributed by atoms with van der Waals surface area (Å²) < 4.78 is 38.1. The molecular weight excluding hydrogens is 237 g/mol. The van der Waals surface area contributed by atoms with Gasteiger partial charge in [0.1, 0.15) is 5.82 Å². The Morgan fingerprint density at radius 3 is 2.40 bits per heavy atom. The van der Waals surface area contributed by atoms with Gasteiger partial charge in [-0.15, -0.1) is 0 Å². The molecule has 0 aliphatic heterocycles. The van der Waals surface area contributed by atoms with Gasteiger partial charge in [0.15, 0.2) is 0 Å². The molecule has 84 valence electrons. The molecule has 0 aromatic heterocycles. The number of thiol groups is 1. The van der Waals surface area contributed by atoms with Crippen molar-refractivity contribution >= 4 is 22.7 Å². The van der Waals surface area contributed by atoms with Crippen molar-refractivity contribution in [3.63, 3.8) is 0 Å². The minimum Gasteiger partial charge on any atom is -0.210 e. The first kappa shape index (κ1) is 12.5. The zero-order chi connectivity index (χ0) is 11.5. The standard InChI is InChI=1S/C9H12FNO2S2/c1-7(14)6-11-15(12,13)9-4-2-8(10)3-5-9/h2-5,7,11,14H,6H2,1H3. The van der Waals surface area contributed by atoms with Gasteiger partial charge in [-0.05, 0) is 24.3 Å². The van der Waals surface area contributed by atoms with Crippen molar-refractivity contribution in [1.29, 1.82) is 0 Å². The van der Waals surface area contributed by atoms with Crippen molar-refractivity contribution in [2.24, 2.45) is 0 Å². The highest BCUT2D eigenvalue weighted by Crippen LogP contribution is 2.09. The molecular formula is C9H12FNO2S2.